The van der Waals surface area contributed by atoms with Crippen molar-refractivity contribution in [2.24, 2.45) is 0 Å². The van der Waals surface area contributed by atoms with Crippen LogP contribution in [-0.2, 0) is 9.59 Å². The highest BCUT2D eigenvalue weighted by Crippen LogP contribution is 2.10. The second-order valence-corrected chi connectivity index (χ2v) is 2.80. The Morgan fingerprint density at radius 1 is 1.44 bits per heavy atom. The van der Waals surface area contributed by atoms with Crippen LogP contribution in [0.3, 0.4) is 0 Å². The number of rotatable bonds is 0. The molecule has 1 rings (SSSR count). The lowest BCUT2D eigenvalue weighted by molar-refractivity contribution is -0.134. The van der Waals surface area contributed by atoms with Gasteiger partial charge in [-0.2, -0.15) is 0 Å². The summed E-state index contributed by atoms with van der Waals surface area (Å²) in [4.78, 5) is 21.2. The van der Waals surface area contributed by atoms with Gasteiger partial charge in [0, 0.05) is 13.0 Å². The lowest BCUT2D eigenvalue weighted by Crippen LogP contribution is -2.31. The number of carbonyl (C=O) groups excluding carboxylic acids is 2. The Kier molecular flexibility index (Phi) is 1.85. The molecule has 1 amide bonds. The lowest BCUT2D eigenvalue weighted by atomic mass is 10.1. The summed E-state index contributed by atoms with van der Waals surface area (Å²) in [7, 11) is 0. The minimum Gasteiger partial charge on any atom is -0.299 e. The first-order valence-electron chi connectivity index (χ1n) is 2.68. The third-order valence-corrected chi connectivity index (χ3v) is 1.96. The SMILES string of the molecule is O=C1CCN(Br)C(=O)C1. The molecule has 0 atom stereocenters. The van der Waals surface area contributed by atoms with Crippen molar-refractivity contribution in [1.82, 2.24) is 3.93 Å². The molecule has 3 nitrogen and oxygen atoms in total. The zero-order valence-corrected chi connectivity index (χ0v) is 6.35. The maximum atomic E-state index is 10.7. The number of ketones is 1. The molecule has 0 aromatic rings. The van der Waals surface area contributed by atoms with Gasteiger partial charge < -0.3 is 0 Å². The van der Waals surface area contributed by atoms with Crippen LogP contribution >= 0.6 is 16.1 Å². The second kappa shape index (κ2) is 2.47. The predicted octanol–water partition coefficient (Wildman–Crippen LogP) is 0.488. The van der Waals surface area contributed by atoms with Crippen LogP contribution in [-0.4, -0.2) is 22.2 Å². The summed E-state index contributed by atoms with van der Waals surface area (Å²) in [6, 6.07) is 0. The third kappa shape index (κ3) is 1.51. The Morgan fingerprint density at radius 3 is 2.56 bits per heavy atom. The molecule has 1 aliphatic heterocycles. The monoisotopic (exact) mass is 191 g/mol. The van der Waals surface area contributed by atoms with Gasteiger partial charge in [-0.05, 0) is 0 Å². The largest absolute Gasteiger partial charge is 0.299 e. The zero-order chi connectivity index (χ0) is 6.85. The molecule has 0 bridgehead atoms. The van der Waals surface area contributed by atoms with Crippen molar-refractivity contribution in [2.45, 2.75) is 12.8 Å². The highest BCUT2D eigenvalue weighted by Gasteiger charge is 2.21. The minimum atomic E-state index is -0.133. The van der Waals surface area contributed by atoms with Crippen LogP contribution in [0.5, 0.6) is 0 Å². The van der Waals surface area contributed by atoms with Crippen molar-refractivity contribution < 1.29 is 9.59 Å². The quantitative estimate of drug-likeness (QED) is 0.413. The fourth-order valence-electron chi connectivity index (χ4n) is 0.690. The topological polar surface area (TPSA) is 37.4 Å². The predicted molar refractivity (Wildman–Crippen MR) is 34.9 cm³/mol. The second-order valence-electron chi connectivity index (χ2n) is 1.94. The summed E-state index contributed by atoms with van der Waals surface area (Å²) in [6.45, 7) is 0.512. The molecule has 9 heavy (non-hydrogen) atoms. The number of amides is 1. The molecule has 50 valence electrons. The van der Waals surface area contributed by atoms with E-state index in [0.717, 1.165) is 0 Å². The van der Waals surface area contributed by atoms with Gasteiger partial charge in [0.05, 0.1) is 22.6 Å². The number of halogens is 1. The molecule has 0 radical (unpaired) electrons. The molecule has 0 N–H and O–H groups in total. The van der Waals surface area contributed by atoms with Crippen LogP contribution in [0, 0.1) is 0 Å². The van der Waals surface area contributed by atoms with Crippen molar-refractivity contribution >= 4 is 27.8 Å². The van der Waals surface area contributed by atoms with E-state index in [0.29, 0.717) is 13.0 Å². The molecule has 0 saturated carbocycles. The van der Waals surface area contributed by atoms with E-state index >= 15 is 0 Å². The summed E-state index contributed by atoms with van der Waals surface area (Å²) in [5.74, 6) is -0.0954. The third-order valence-electron chi connectivity index (χ3n) is 1.21. The first kappa shape index (κ1) is 6.74. The summed E-state index contributed by atoms with van der Waals surface area (Å²) < 4.78 is 1.40. The number of piperidine rings is 1. The van der Waals surface area contributed by atoms with E-state index < -0.39 is 0 Å². The van der Waals surface area contributed by atoms with E-state index in [-0.39, 0.29) is 18.1 Å². The lowest BCUT2D eigenvalue weighted by Gasteiger charge is -2.17. The molecule has 0 spiro atoms. The smallest absolute Gasteiger partial charge is 0.239 e. The van der Waals surface area contributed by atoms with Gasteiger partial charge in [-0.25, -0.2) is 0 Å². The Bertz CT molecular complexity index is 157. The van der Waals surface area contributed by atoms with Crippen molar-refractivity contribution in [1.29, 1.82) is 0 Å². The van der Waals surface area contributed by atoms with E-state index in [9.17, 15) is 9.59 Å². The fourth-order valence-corrected chi connectivity index (χ4v) is 0.993. The Morgan fingerprint density at radius 2 is 2.11 bits per heavy atom. The molecule has 1 fully saturated rings. The summed E-state index contributed by atoms with van der Waals surface area (Å²) in [5.41, 5.74) is 0. The molecule has 0 aromatic heterocycles. The van der Waals surface area contributed by atoms with E-state index in [1.807, 2.05) is 0 Å². The zero-order valence-electron chi connectivity index (χ0n) is 4.76. The van der Waals surface area contributed by atoms with Crippen LogP contribution in [0.2, 0.25) is 0 Å². The van der Waals surface area contributed by atoms with E-state index in [1.165, 1.54) is 3.93 Å². The first-order valence-corrected chi connectivity index (χ1v) is 3.39. The van der Waals surface area contributed by atoms with Gasteiger partial charge in [-0.15, -0.1) is 0 Å². The molecular formula is C5H6BrNO2. The molecule has 0 aliphatic carbocycles. The van der Waals surface area contributed by atoms with E-state index in [4.69, 9.17) is 0 Å². The van der Waals surface area contributed by atoms with Crippen LogP contribution in [0.25, 0.3) is 0 Å². The van der Waals surface area contributed by atoms with Gasteiger partial charge in [0.2, 0.25) is 5.91 Å². The molecule has 0 aromatic carbocycles. The van der Waals surface area contributed by atoms with E-state index in [2.05, 4.69) is 16.1 Å². The Hall–Kier alpha value is -0.380. The number of carbonyl (C=O) groups is 2. The van der Waals surface area contributed by atoms with E-state index in [1.54, 1.807) is 0 Å². The van der Waals surface area contributed by atoms with Crippen LogP contribution in [0.15, 0.2) is 0 Å². The van der Waals surface area contributed by atoms with Gasteiger partial charge in [0.1, 0.15) is 5.78 Å². The van der Waals surface area contributed by atoms with Crippen molar-refractivity contribution in [3.05, 3.63) is 0 Å². The first-order chi connectivity index (χ1) is 4.20. The van der Waals surface area contributed by atoms with Gasteiger partial charge in [-0.1, -0.05) is 0 Å². The molecule has 1 heterocycles. The van der Waals surface area contributed by atoms with Crippen molar-refractivity contribution in [2.75, 3.05) is 6.54 Å². The highest BCUT2D eigenvalue weighted by molar-refractivity contribution is 9.07. The molecule has 1 saturated heterocycles. The van der Waals surface area contributed by atoms with Crippen molar-refractivity contribution in [3.63, 3.8) is 0 Å². The number of hydrogen-bond donors (Lipinski definition) is 0. The average Bonchev–Trinajstić information content (AvgIpc) is 1.80. The minimum absolute atomic E-state index is 0.0377. The Labute approximate surface area is 61.4 Å². The van der Waals surface area contributed by atoms with Gasteiger partial charge in [0.15, 0.2) is 0 Å². The normalized spacial score (nSPS) is 20.8. The standard InChI is InChI=1S/C5H6BrNO2/c6-7-2-1-4(8)3-5(7)9/h1-3H2. The molecular weight excluding hydrogens is 186 g/mol. The number of Topliss-reactive ketones (excluding diaryl/α,β-unsaturated/α-hetero) is 1. The molecule has 0 unspecified atom stereocenters. The van der Waals surface area contributed by atoms with Gasteiger partial charge in [0.25, 0.3) is 0 Å². The number of nitrogens with zero attached hydrogens (tertiary/aromatic N) is 1. The molecule has 4 heteroatoms. The summed E-state index contributed by atoms with van der Waals surface area (Å²) >= 11 is 3.01. The summed E-state index contributed by atoms with van der Waals surface area (Å²) in [5, 5.41) is 0. The Balaban J connectivity index is 2.54. The van der Waals surface area contributed by atoms with Crippen LogP contribution < -0.4 is 0 Å². The fraction of sp³-hybridized carbons (Fsp3) is 0.600. The number of hydrogen-bond acceptors (Lipinski definition) is 2. The van der Waals surface area contributed by atoms with Crippen LogP contribution in [0.4, 0.5) is 0 Å². The van der Waals surface area contributed by atoms with Gasteiger partial charge >= 0.3 is 0 Å². The maximum absolute atomic E-state index is 10.7. The van der Waals surface area contributed by atoms with Gasteiger partial charge in [-0.3, -0.25) is 13.5 Å². The van der Waals surface area contributed by atoms with Crippen LogP contribution in [0.1, 0.15) is 12.8 Å². The molecule has 1 aliphatic rings. The summed E-state index contributed by atoms with van der Waals surface area (Å²) in [6.07, 6.45) is 0.544. The highest BCUT2D eigenvalue weighted by atomic mass is 79.9. The average molecular weight is 192 g/mol. The maximum Gasteiger partial charge on any atom is 0.239 e. The van der Waals surface area contributed by atoms with Crippen molar-refractivity contribution in [3.8, 4) is 0 Å².